The van der Waals surface area contributed by atoms with Crippen LogP contribution in [0.1, 0.15) is 32.3 Å². The summed E-state index contributed by atoms with van der Waals surface area (Å²) in [7, 11) is 0. The molecule has 0 aromatic heterocycles. The van der Waals surface area contributed by atoms with Gasteiger partial charge < -0.3 is 4.74 Å². The van der Waals surface area contributed by atoms with Crippen LogP contribution in [0.25, 0.3) is 0 Å². The molecule has 1 aliphatic rings. The Morgan fingerprint density at radius 2 is 1.95 bits per heavy atom. The third kappa shape index (κ3) is 4.08. The van der Waals surface area contributed by atoms with Gasteiger partial charge in [0.2, 0.25) is 11.8 Å². The molecule has 1 aromatic rings. The van der Waals surface area contributed by atoms with Gasteiger partial charge in [-0.15, -0.1) is 0 Å². The van der Waals surface area contributed by atoms with Crippen molar-refractivity contribution in [3.8, 4) is 5.75 Å². The lowest BCUT2D eigenvalue weighted by Gasteiger charge is -2.10. The van der Waals surface area contributed by atoms with E-state index in [2.05, 4.69) is 19.2 Å². The molecule has 1 aliphatic heterocycles. The monoisotopic (exact) mass is 275 g/mol. The number of amides is 2. The molecule has 0 saturated carbocycles. The van der Waals surface area contributed by atoms with Gasteiger partial charge in [0, 0.05) is 6.42 Å². The van der Waals surface area contributed by atoms with Crippen molar-refractivity contribution in [1.82, 2.24) is 5.32 Å². The van der Waals surface area contributed by atoms with Crippen LogP contribution in [0.2, 0.25) is 0 Å². The van der Waals surface area contributed by atoms with Crippen LogP contribution in [-0.4, -0.2) is 18.4 Å². The van der Waals surface area contributed by atoms with Gasteiger partial charge in [0.15, 0.2) is 0 Å². The second-order valence-electron chi connectivity index (χ2n) is 5.69. The van der Waals surface area contributed by atoms with Crippen molar-refractivity contribution in [2.75, 3.05) is 6.61 Å². The first kappa shape index (κ1) is 14.6. The molecule has 4 nitrogen and oxygen atoms in total. The van der Waals surface area contributed by atoms with Crippen molar-refractivity contribution in [2.24, 2.45) is 11.8 Å². The number of benzene rings is 1. The maximum absolute atomic E-state index is 11.5. The van der Waals surface area contributed by atoms with Gasteiger partial charge in [0.25, 0.3) is 0 Å². The Kier molecular flexibility index (Phi) is 4.77. The maximum Gasteiger partial charge on any atom is 0.230 e. The van der Waals surface area contributed by atoms with Crippen LogP contribution in [0.5, 0.6) is 5.75 Å². The zero-order valence-corrected chi connectivity index (χ0v) is 12.0. The average Bonchev–Trinajstić information content (AvgIpc) is 2.69. The first-order valence-electron chi connectivity index (χ1n) is 7.10. The standard InChI is InChI=1S/C16H21NO3/c1-11(2)7-8-20-14-5-3-12(4-6-14)9-13-10-15(18)17-16(13)19/h3-6,11,13H,7-10H2,1-2H3,(H,17,18,19). The first-order valence-corrected chi connectivity index (χ1v) is 7.10. The van der Waals surface area contributed by atoms with E-state index in [1.54, 1.807) is 0 Å². The van der Waals surface area contributed by atoms with Crippen LogP contribution in [-0.2, 0) is 16.0 Å². The van der Waals surface area contributed by atoms with E-state index in [-0.39, 0.29) is 17.7 Å². The second kappa shape index (κ2) is 6.55. The van der Waals surface area contributed by atoms with Gasteiger partial charge in [0.1, 0.15) is 5.75 Å². The lowest BCUT2D eigenvalue weighted by molar-refractivity contribution is -0.125. The number of rotatable bonds is 6. The highest BCUT2D eigenvalue weighted by atomic mass is 16.5. The second-order valence-corrected chi connectivity index (χ2v) is 5.69. The summed E-state index contributed by atoms with van der Waals surface area (Å²) in [6.07, 6.45) is 1.93. The summed E-state index contributed by atoms with van der Waals surface area (Å²) >= 11 is 0. The maximum atomic E-state index is 11.5. The van der Waals surface area contributed by atoms with Crippen molar-refractivity contribution < 1.29 is 14.3 Å². The summed E-state index contributed by atoms with van der Waals surface area (Å²) in [6, 6.07) is 7.76. The minimum atomic E-state index is -0.227. The normalized spacial score (nSPS) is 18.4. The van der Waals surface area contributed by atoms with E-state index >= 15 is 0 Å². The Bertz CT molecular complexity index is 479. The topological polar surface area (TPSA) is 55.4 Å². The van der Waals surface area contributed by atoms with E-state index in [1.807, 2.05) is 24.3 Å². The predicted molar refractivity (Wildman–Crippen MR) is 76.4 cm³/mol. The third-order valence-electron chi connectivity index (χ3n) is 3.43. The van der Waals surface area contributed by atoms with Crippen LogP contribution < -0.4 is 10.1 Å². The van der Waals surface area contributed by atoms with Crippen LogP contribution in [0, 0.1) is 11.8 Å². The highest BCUT2D eigenvalue weighted by molar-refractivity contribution is 6.03. The van der Waals surface area contributed by atoms with E-state index in [4.69, 9.17) is 4.74 Å². The van der Waals surface area contributed by atoms with Gasteiger partial charge in [-0.3, -0.25) is 14.9 Å². The zero-order chi connectivity index (χ0) is 14.5. The highest BCUT2D eigenvalue weighted by Crippen LogP contribution is 2.20. The van der Waals surface area contributed by atoms with E-state index in [0.717, 1.165) is 24.3 Å². The summed E-state index contributed by atoms with van der Waals surface area (Å²) in [6.45, 7) is 5.05. The van der Waals surface area contributed by atoms with Gasteiger partial charge >= 0.3 is 0 Å². The molecule has 1 saturated heterocycles. The van der Waals surface area contributed by atoms with E-state index in [0.29, 0.717) is 18.8 Å². The molecule has 1 aromatic carbocycles. The molecule has 1 heterocycles. The molecule has 2 rings (SSSR count). The minimum absolute atomic E-state index is 0.160. The average molecular weight is 275 g/mol. The molecule has 0 spiro atoms. The van der Waals surface area contributed by atoms with Gasteiger partial charge in [0.05, 0.1) is 12.5 Å². The number of hydrogen-bond donors (Lipinski definition) is 1. The lowest BCUT2D eigenvalue weighted by atomic mass is 9.98. The van der Waals surface area contributed by atoms with E-state index in [1.165, 1.54) is 0 Å². The molecule has 4 heteroatoms. The van der Waals surface area contributed by atoms with Crippen LogP contribution in [0.3, 0.4) is 0 Å². The molecular formula is C16H21NO3. The SMILES string of the molecule is CC(C)CCOc1ccc(CC2CC(=O)NC2=O)cc1. The molecule has 1 fully saturated rings. The fourth-order valence-corrected chi connectivity index (χ4v) is 2.19. The Hall–Kier alpha value is -1.84. The van der Waals surface area contributed by atoms with Crippen LogP contribution >= 0.6 is 0 Å². The Morgan fingerprint density at radius 1 is 1.25 bits per heavy atom. The molecule has 1 unspecified atom stereocenters. The van der Waals surface area contributed by atoms with Crippen LogP contribution in [0.4, 0.5) is 0 Å². The number of hydrogen-bond acceptors (Lipinski definition) is 3. The Balaban J connectivity index is 1.85. The smallest absolute Gasteiger partial charge is 0.230 e. The largest absolute Gasteiger partial charge is 0.494 e. The number of imide groups is 1. The van der Waals surface area contributed by atoms with Crippen LogP contribution in [0.15, 0.2) is 24.3 Å². The Morgan fingerprint density at radius 3 is 2.50 bits per heavy atom. The first-order chi connectivity index (χ1) is 9.54. The Labute approximate surface area is 119 Å². The number of nitrogens with one attached hydrogen (secondary N) is 1. The predicted octanol–water partition coefficient (Wildman–Crippen LogP) is 2.32. The lowest BCUT2D eigenvalue weighted by Crippen LogP contribution is -2.22. The highest BCUT2D eigenvalue weighted by Gasteiger charge is 2.30. The third-order valence-corrected chi connectivity index (χ3v) is 3.43. The summed E-state index contributed by atoms with van der Waals surface area (Å²) in [5, 5.41) is 2.33. The van der Waals surface area contributed by atoms with Crippen molar-refractivity contribution in [1.29, 1.82) is 0 Å². The number of ether oxygens (including phenoxy) is 1. The molecular weight excluding hydrogens is 254 g/mol. The summed E-state index contributed by atoms with van der Waals surface area (Å²) < 4.78 is 5.65. The molecule has 108 valence electrons. The molecule has 1 atom stereocenters. The van der Waals surface area contributed by atoms with Gasteiger partial charge in [-0.05, 0) is 36.5 Å². The summed E-state index contributed by atoms with van der Waals surface area (Å²) in [4.78, 5) is 22.6. The molecule has 0 aliphatic carbocycles. The summed E-state index contributed by atoms with van der Waals surface area (Å²) in [5.41, 5.74) is 1.05. The quantitative estimate of drug-likeness (QED) is 0.811. The molecule has 2 amide bonds. The number of carbonyl (C=O) groups excluding carboxylic acids is 2. The minimum Gasteiger partial charge on any atom is -0.494 e. The van der Waals surface area contributed by atoms with Gasteiger partial charge in [-0.2, -0.15) is 0 Å². The molecule has 1 N–H and O–H groups in total. The zero-order valence-electron chi connectivity index (χ0n) is 12.0. The van der Waals surface area contributed by atoms with Crippen molar-refractivity contribution >= 4 is 11.8 Å². The fraction of sp³-hybridized carbons (Fsp3) is 0.500. The van der Waals surface area contributed by atoms with E-state index in [9.17, 15) is 9.59 Å². The molecule has 20 heavy (non-hydrogen) atoms. The van der Waals surface area contributed by atoms with Crippen molar-refractivity contribution in [3.05, 3.63) is 29.8 Å². The van der Waals surface area contributed by atoms with Gasteiger partial charge in [-0.1, -0.05) is 26.0 Å². The fourth-order valence-electron chi connectivity index (χ4n) is 2.19. The van der Waals surface area contributed by atoms with E-state index < -0.39 is 0 Å². The number of carbonyl (C=O) groups is 2. The molecule has 0 bridgehead atoms. The summed E-state index contributed by atoms with van der Waals surface area (Å²) in [5.74, 6) is 0.921. The van der Waals surface area contributed by atoms with Gasteiger partial charge in [-0.25, -0.2) is 0 Å². The van der Waals surface area contributed by atoms with Crippen molar-refractivity contribution in [2.45, 2.75) is 33.1 Å². The molecule has 0 radical (unpaired) electrons. The van der Waals surface area contributed by atoms with Crippen molar-refractivity contribution in [3.63, 3.8) is 0 Å².